The van der Waals surface area contributed by atoms with Crippen LogP contribution >= 0.6 is 0 Å². The van der Waals surface area contributed by atoms with Crippen molar-refractivity contribution in [2.24, 2.45) is 5.16 Å². The highest BCUT2D eigenvalue weighted by Crippen LogP contribution is 2.03. The predicted molar refractivity (Wildman–Crippen MR) is 70.0 cm³/mol. The normalized spacial score (nSPS) is 10.6. The molecule has 86 valence electrons. The Hall–Kier alpha value is -2.09. The molecule has 0 aliphatic heterocycles. The standard InChI is InChI=1S/C15H15NO/c1-13-6-5-9-15(10-13)11-16-17-12-14-7-3-2-4-8-14/h2-11H,12H2,1H3. The van der Waals surface area contributed by atoms with E-state index in [0.29, 0.717) is 6.61 Å². The molecular formula is C15H15NO. The third-order valence-corrected chi connectivity index (χ3v) is 2.39. The van der Waals surface area contributed by atoms with Crippen molar-refractivity contribution in [3.05, 3.63) is 71.3 Å². The number of benzene rings is 2. The third kappa shape index (κ3) is 3.76. The molecule has 0 fully saturated rings. The first-order chi connectivity index (χ1) is 8.34. The minimum Gasteiger partial charge on any atom is -0.391 e. The van der Waals surface area contributed by atoms with E-state index in [-0.39, 0.29) is 0 Å². The van der Waals surface area contributed by atoms with Gasteiger partial charge in [0.25, 0.3) is 0 Å². The van der Waals surface area contributed by atoms with Crippen molar-refractivity contribution in [3.8, 4) is 0 Å². The first-order valence-corrected chi connectivity index (χ1v) is 5.60. The van der Waals surface area contributed by atoms with Gasteiger partial charge in [-0.25, -0.2) is 0 Å². The summed E-state index contributed by atoms with van der Waals surface area (Å²) in [4.78, 5) is 5.23. The first kappa shape index (κ1) is 11.4. The van der Waals surface area contributed by atoms with Gasteiger partial charge in [0.1, 0.15) is 6.61 Å². The summed E-state index contributed by atoms with van der Waals surface area (Å²) < 4.78 is 0. The predicted octanol–water partition coefficient (Wildman–Crippen LogP) is 3.55. The van der Waals surface area contributed by atoms with Gasteiger partial charge in [-0.05, 0) is 18.1 Å². The van der Waals surface area contributed by atoms with Crippen molar-refractivity contribution in [2.45, 2.75) is 13.5 Å². The van der Waals surface area contributed by atoms with Crippen LogP contribution in [0.3, 0.4) is 0 Å². The Morgan fingerprint density at radius 3 is 2.65 bits per heavy atom. The summed E-state index contributed by atoms with van der Waals surface area (Å²) in [6.07, 6.45) is 1.73. The van der Waals surface area contributed by atoms with Crippen molar-refractivity contribution >= 4 is 6.21 Å². The third-order valence-electron chi connectivity index (χ3n) is 2.39. The van der Waals surface area contributed by atoms with E-state index in [1.54, 1.807) is 6.21 Å². The lowest BCUT2D eigenvalue weighted by Crippen LogP contribution is -1.88. The zero-order valence-electron chi connectivity index (χ0n) is 9.84. The van der Waals surface area contributed by atoms with Crippen molar-refractivity contribution in [3.63, 3.8) is 0 Å². The van der Waals surface area contributed by atoms with Crippen molar-refractivity contribution in [1.82, 2.24) is 0 Å². The van der Waals surface area contributed by atoms with E-state index < -0.39 is 0 Å². The molecule has 2 heteroatoms. The summed E-state index contributed by atoms with van der Waals surface area (Å²) in [6.45, 7) is 2.56. The molecule has 0 spiro atoms. The molecule has 17 heavy (non-hydrogen) atoms. The molecule has 0 N–H and O–H groups in total. The second-order valence-corrected chi connectivity index (χ2v) is 3.91. The van der Waals surface area contributed by atoms with Crippen LogP contribution in [0.4, 0.5) is 0 Å². The summed E-state index contributed by atoms with van der Waals surface area (Å²) >= 11 is 0. The van der Waals surface area contributed by atoms with Crippen LogP contribution in [0, 0.1) is 6.92 Å². The highest BCUT2D eigenvalue weighted by atomic mass is 16.6. The van der Waals surface area contributed by atoms with Crippen LogP contribution in [0.2, 0.25) is 0 Å². The van der Waals surface area contributed by atoms with Crippen molar-refractivity contribution in [2.75, 3.05) is 0 Å². The van der Waals surface area contributed by atoms with E-state index in [9.17, 15) is 0 Å². The van der Waals surface area contributed by atoms with Gasteiger partial charge in [0.15, 0.2) is 0 Å². The van der Waals surface area contributed by atoms with Crippen LogP contribution in [0.5, 0.6) is 0 Å². The highest BCUT2D eigenvalue weighted by Gasteiger charge is 1.90. The summed E-state index contributed by atoms with van der Waals surface area (Å²) in [6, 6.07) is 18.1. The van der Waals surface area contributed by atoms with Gasteiger partial charge in [-0.1, -0.05) is 65.3 Å². The molecular weight excluding hydrogens is 210 g/mol. The van der Waals surface area contributed by atoms with Gasteiger partial charge >= 0.3 is 0 Å². The molecule has 0 radical (unpaired) electrons. The molecule has 2 rings (SSSR count). The number of rotatable bonds is 4. The Bertz CT molecular complexity index is 491. The fourth-order valence-corrected chi connectivity index (χ4v) is 1.53. The molecule has 2 aromatic carbocycles. The lowest BCUT2D eigenvalue weighted by Gasteiger charge is -1.99. The average molecular weight is 225 g/mol. The fraction of sp³-hybridized carbons (Fsp3) is 0.133. The molecule has 0 saturated heterocycles. The quantitative estimate of drug-likeness (QED) is 0.576. The summed E-state index contributed by atoms with van der Waals surface area (Å²) in [5.41, 5.74) is 3.39. The molecule has 0 amide bonds. The van der Waals surface area contributed by atoms with Crippen LogP contribution in [0.1, 0.15) is 16.7 Å². The first-order valence-electron chi connectivity index (χ1n) is 5.60. The molecule has 0 aliphatic carbocycles. The van der Waals surface area contributed by atoms with Crippen molar-refractivity contribution < 1.29 is 4.84 Å². The van der Waals surface area contributed by atoms with Crippen LogP contribution in [-0.4, -0.2) is 6.21 Å². The second kappa shape index (κ2) is 5.85. The molecule has 0 aliphatic rings. The largest absolute Gasteiger partial charge is 0.391 e. The minimum atomic E-state index is 0.503. The lowest BCUT2D eigenvalue weighted by atomic mass is 10.2. The van der Waals surface area contributed by atoms with E-state index in [2.05, 4.69) is 24.2 Å². The van der Waals surface area contributed by atoms with Crippen LogP contribution in [0.15, 0.2) is 59.8 Å². The number of oxime groups is 1. The molecule has 2 aromatic rings. The number of hydrogen-bond donors (Lipinski definition) is 0. The summed E-state index contributed by atoms with van der Waals surface area (Å²) in [7, 11) is 0. The van der Waals surface area contributed by atoms with Gasteiger partial charge < -0.3 is 4.84 Å². The number of aryl methyl sites for hydroxylation is 1. The number of nitrogens with zero attached hydrogens (tertiary/aromatic N) is 1. The monoisotopic (exact) mass is 225 g/mol. The zero-order valence-corrected chi connectivity index (χ0v) is 9.84. The van der Waals surface area contributed by atoms with E-state index in [1.165, 1.54) is 5.56 Å². The Labute approximate surface area is 102 Å². The molecule has 0 unspecified atom stereocenters. The fourth-order valence-electron chi connectivity index (χ4n) is 1.53. The topological polar surface area (TPSA) is 21.6 Å². The van der Waals surface area contributed by atoms with E-state index in [1.807, 2.05) is 42.5 Å². The van der Waals surface area contributed by atoms with Gasteiger partial charge in [0.05, 0.1) is 6.21 Å². The molecule has 0 aromatic heterocycles. The van der Waals surface area contributed by atoms with Gasteiger partial charge in [-0.15, -0.1) is 0 Å². The van der Waals surface area contributed by atoms with Crippen LogP contribution in [0.25, 0.3) is 0 Å². The maximum Gasteiger partial charge on any atom is 0.142 e. The zero-order chi connectivity index (χ0) is 11.9. The van der Waals surface area contributed by atoms with Gasteiger partial charge in [-0.3, -0.25) is 0 Å². The lowest BCUT2D eigenvalue weighted by molar-refractivity contribution is 0.132. The highest BCUT2D eigenvalue weighted by molar-refractivity contribution is 5.79. The molecule has 2 nitrogen and oxygen atoms in total. The van der Waals surface area contributed by atoms with Crippen molar-refractivity contribution in [1.29, 1.82) is 0 Å². The van der Waals surface area contributed by atoms with Gasteiger partial charge in [-0.2, -0.15) is 0 Å². The van der Waals surface area contributed by atoms with E-state index in [4.69, 9.17) is 4.84 Å². The van der Waals surface area contributed by atoms with Gasteiger partial charge in [0, 0.05) is 0 Å². The van der Waals surface area contributed by atoms with E-state index >= 15 is 0 Å². The Kier molecular flexibility index (Phi) is 3.92. The summed E-state index contributed by atoms with van der Waals surface area (Å²) in [5, 5.41) is 3.95. The van der Waals surface area contributed by atoms with Gasteiger partial charge in [0.2, 0.25) is 0 Å². The SMILES string of the molecule is Cc1cccc(C=NOCc2ccccc2)c1. The molecule has 0 bridgehead atoms. The molecule has 0 saturated carbocycles. The molecule has 0 atom stereocenters. The average Bonchev–Trinajstić information content (AvgIpc) is 2.36. The Morgan fingerprint density at radius 2 is 1.88 bits per heavy atom. The van der Waals surface area contributed by atoms with Crippen LogP contribution < -0.4 is 0 Å². The number of hydrogen-bond acceptors (Lipinski definition) is 2. The summed E-state index contributed by atoms with van der Waals surface area (Å²) in [5.74, 6) is 0. The second-order valence-electron chi connectivity index (χ2n) is 3.91. The minimum absolute atomic E-state index is 0.503. The molecule has 0 heterocycles. The van der Waals surface area contributed by atoms with Crippen LogP contribution in [-0.2, 0) is 11.4 Å². The van der Waals surface area contributed by atoms with E-state index in [0.717, 1.165) is 11.1 Å². The maximum atomic E-state index is 5.23. The Morgan fingerprint density at radius 1 is 1.06 bits per heavy atom. The maximum absolute atomic E-state index is 5.23. The Balaban J connectivity index is 1.86. The smallest absolute Gasteiger partial charge is 0.142 e.